The molecule has 0 fully saturated rings. The van der Waals surface area contributed by atoms with Gasteiger partial charge in [0.1, 0.15) is 0 Å². The zero-order valence-electron chi connectivity index (χ0n) is 8.02. The summed E-state index contributed by atoms with van der Waals surface area (Å²) in [7, 11) is -3.63. The third-order valence-corrected chi connectivity index (χ3v) is 1.83. The molecule has 0 bridgehead atoms. The third kappa shape index (κ3) is 4.18. The van der Waals surface area contributed by atoms with E-state index in [-0.39, 0.29) is 5.69 Å². The van der Waals surface area contributed by atoms with Crippen molar-refractivity contribution in [1.82, 2.24) is 0 Å². The number of rotatable bonds is 4. The summed E-state index contributed by atoms with van der Waals surface area (Å²) < 4.78 is 14.9. The molecule has 0 spiro atoms. The Balaban J connectivity index is 2.69. The van der Waals surface area contributed by atoms with Gasteiger partial charge >= 0.3 is 7.67 Å². The first-order chi connectivity index (χ1) is 7.38. The average molecular weight is 244 g/mol. The number of nitrogens with zero attached hydrogens (tertiary/aromatic N) is 2. The van der Waals surface area contributed by atoms with Crippen LogP contribution >= 0.6 is 7.67 Å². The summed E-state index contributed by atoms with van der Waals surface area (Å²) in [6.07, 6.45) is 1.19. The van der Waals surface area contributed by atoms with Gasteiger partial charge in [-0.05, 0) is 17.7 Å². The number of nitro benzene ring substituents is 1. The van der Waals surface area contributed by atoms with Crippen LogP contribution in [0.4, 0.5) is 5.69 Å². The number of nitro groups is 1. The Kier molecular flexibility index (Phi) is 3.73. The quantitative estimate of drug-likeness (QED) is 0.350. The molecule has 86 valence electrons. The number of non-ortho nitro benzene ring substituents is 1. The van der Waals surface area contributed by atoms with Crippen LogP contribution in [-0.2, 0) is 9.19 Å². The second-order valence-corrected chi connectivity index (χ2v) is 4.26. The molecule has 0 amide bonds. The Bertz CT molecular complexity index is 452. The van der Waals surface area contributed by atoms with Gasteiger partial charge in [-0.25, -0.2) is 15.6 Å². The molecule has 0 saturated carbocycles. The van der Waals surface area contributed by atoms with E-state index in [4.69, 9.17) is 11.0 Å². The SMILES string of the molecule is NP(N)(=O)ON=Cc1ccc([N+](=O)[O-])cc1. The Morgan fingerprint density at radius 2 is 1.94 bits per heavy atom. The van der Waals surface area contributed by atoms with Gasteiger partial charge in [0, 0.05) is 12.1 Å². The molecule has 0 atom stereocenters. The smallest absolute Gasteiger partial charge is 0.312 e. The predicted molar refractivity (Wildman–Crippen MR) is 57.8 cm³/mol. The summed E-state index contributed by atoms with van der Waals surface area (Å²) in [6.45, 7) is 0. The Hall–Kier alpha value is -1.76. The molecular formula is C7H9N4O4P. The van der Waals surface area contributed by atoms with Gasteiger partial charge in [-0.1, -0.05) is 5.16 Å². The summed E-state index contributed by atoms with van der Waals surface area (Å²) in [4.78, 5) is 9.81. The highest BCUT2D eigenvalue weighted by molar-refractivity contribution is 7.53. The summed E-state index contributed by atoms with van der Waals surface area (Å²) >= 11 is 0. The number of oxime groups is 1. The lowest BCUT2D eigenvalue weighted by Crippen LogP contribution is -2.05. The van der Waals surface area contributed by atoms with E-state index < -0.39 is 12.6 Å². The van der Waals surface area contributed by atoms with Gasteiger partial charge < -0.3 is 4.62 Å². The number of hydrogen-bond donors (Lipinski definition) is 2. The highest BCUT2D eigenvalue weighted by Gasteiger charge is 2.07. The van der Waals surface area contributed by atoms with Gasteiger partial charge in [0.15, 0.2) is 0 Å². The van der Waals surface area contributed by atoms with Gasteiger partial charge in [-0.2, -0.15) is 0 Å². The minimum Gasteiger partial charge on any atom is -0.312 e. The molecule has 0 radical (unpaired) electrons. The first-order valence-electron chi connectivity index (χ1n) is 4.02. The highest BCUT2D eigenvalue weighted by Crippen LogP contribution is 2.26. The minimum atomic E-state index is -3.63. The molecule has 1 rings (SSSR count). The molecule has 0 aromatic heterocycles. The maximum Gasteiger partial charge on any atom is 0.405 e. The highest BCUT2D eigenvalue weighted by atomic mass is 31.2. The van der Waals surface area contributed by atoms with Gasteiger partial charge in [-0.15, -0.1) is 0 Å². The largest absolute Gasteiger partial charge is 0.405 e. The van der Waals surface area contributed by atoms with Crippen LogP contribution in [0.15, 0.2) is 29.4 Å². The second kappa shape index (κ2) is 4.84. The van der Waals surface area contributed by atoms with Crippen molar-refractivity contribution >= 4 is 19.6 Å². The normalized spacial score (nSPS) is 11.6. The van der Waals surface area contributed by atoms with Crippen molar-refractivity contribution in [3.8, 4) is 0 Å². The van der Waals surface area contributed by atoms with Gasteiger partial charge in [0.2, 0.25) is 0 Å². The predicted octanol–water partition coefficient (Wildman–Crippen LogP) is 0.971. The number of benzene rings is 1. The van der Waals surface area contributed by atoms with Crippen molar-refractivity contribution in [3.63, 3.8) is 0 Å². The minimum absolute atomic E-state index is 0.0404. The Morgan fingerprint density at radius 3 is 2.38 bits per heavy atom. The van der Waals surface area contributed by atoms with Crippen molar-refractivity contribution in [3.05, 3.63) is 39.9 Å². The molecule has 9 heteroatoms. The molecule has 1 aromatic rings. The molecule has 16 heavy (non-hydrogen) atoms. The van der Waals surface area contributed by atoms with Crippen LogP contribution in [0, 0.1) is 10.1 Å². The van der Waals surface area contributed by atoms with Gasteiger partial charge in [0.05, 0.1) is 11.1 Å². The fourth-order valence-electron chi connectivity index (χ4n) is 0.840. The first kappa shape index (κ1) is 12.3. The lowest BCUT2D eigenvalue weighted by Gasteiger charge is -2.00. The molecule has 0 heterocycles. The lowest BCUT2D eigenvalue weighted by molar-refractivity contribution is -0.384. The molecule has 0 saturated heterocycles. The molecule has 0 aliphatic carbocycles. The van der Waals surface area contributed by atoms with Crippen molar-refractivity contribution in [2.45, 2.75) is 0 Å². The number of nitrogens with two attached hydrogens (primary N) is 2. The van der Waals surface area contributed by atoms with E-state index in [1.807, 2.05) is 0 Å². The van der Waals surface area contributed by atoms with E-state index in [1.54, 1.807) is 0 Å². The van der Waals surface area contributed by atoms with Crippen molar-refractivity contribution < 1.29 is 14.1 Å². The summed E-state index contributed by atoms with van der Waals surface area (Å²) in [5, 5.41) is 13.6. The molecule has 4 N–H and O–H groups in total. The summed E-state index contributed by atoms with van der Waals surface area (Å²) in [6, 6.07) is 5.49. The molecular weight excluding hydrogens is 235 g/mol. The topological polar surface area (TPSA) is 134 Å². The van der Waals surface area contributed by atoms with Crippen LogP contribution in [0.2, 0.25) is 0 Å². The van der Waals surface area contributed by atoms with E-state index in [0.717, 1.165) is 0 Å². The molecule has 0 unspecified atom stereocenters. The number of hydrogen-bond acceptors (Lipinski definition) is 5. The van der Waals surface area contributed by atoms with Crippen LogP contribution in [0.1, 0.15) is 5.56 Å². The standard InChI is InChI=1S/C7H9N4O4P/c8-16(9,14)15-10-5-6-1-3-7(4-2-6)11(12)13/h1-5H,(H4,8,9,14). The van der Waals surface area contributed by atoms with Crippen LogP contribution in [-0.4, -0.2) is 11.1 Å². The molecule has 8 nitrogen and oxygen atoms in total. The van der Waals surface area contributed by atoms with E-state index >= 15 is 0 Å². The summed E-state index contributed by atoms with van der Waals surface area (Å²) in [5.74, 6) is 0. The first-order valence-corrected chi connectivity index (χ1v) is 5.78. The monoisotopic (exact) mass is 244 g/mol. The lowest BCUT2D eigenvalue weighted by atomic mass is 10.2. The molecule has 0 aliphatic heterocycles. The Morgan fingerprint density at radius 1 is 1.38 bits per heavy atom. The average Bonchev–Trinajstić information content (AvgIpc) is 2.16. The van der Waals surface area contributed by atoms with Crippen molar-refractivity contribution in [2.24, 2.45) is 16.2 Å². The van der Waals surface area contributed by atoms with E-state index in [1.165, 1.54) is 30.5 Å². The van der Waals surface area contributed by atoms with Crippen LogP contribution in [0.3, 0.4) is 0 Å². The molecule has 1 aromatic carbocycles. The van der Waals surface area contributed by atoms with E-state index in [0.29, 0.717) is 5.56 Å². The molecule has 0 aliphatic rings. The van der Waals surface area contributed by atoms with Gasteiger partial charge in [-0.3, -0.25) is 10.1 Å². The van der Waals surface area contributed by atoms with Crippen LogP contribution < -0.4 is 11.0 Å². The fraction of sp³-hybridized carbons (Fsp3) is 0. The zero-order valence-corrected chi connectivity index (χ0v) is 8.91. The van der Waals surface area contributed by atoms with Gasteiger partial charge in [0.25, 0.3) is 5.69 Å². The third-order valence-electron chi connectivity index (χ3n) is 1.48. The van der Waals surface area contributed by atoms with Crippen LogP contribution in [0.5, 0.6) is 0 Å². The fourth-order valence-corrected chi connectivity index (χ4v) is 1.03. The van der Waals surface area contributed by atoms with E-state index in [2.05, 4.69) is 9.78 Å². The second-order valence-electron chi connectivity index (χ2n) is 2.81. The van der Waals surface area contributed by atoms with E-state index in [9.17, 15) is 14.7 Å². The summed E-state index contributed by atoms with van der Waals surface area (Å²) in [5.41, 5.74) is 10.2. The maximum absolute atomic E-state index is 10.7. The zero-order chi connectivity index (χ0) is 12.2. The van der Waals surface area contributed by atoms with Crippen molar-refractivity contribution in [2.75, 3.05) is 0 Å². The Labute approximate surface area is 90.6 Å². The maximum atomic E-state index is 10.7. The van der Waals surface area contributed by atoms with Crippen LogP contribution in [0.25, 0.3) is 0 Å². The van der Waals surface area contributed by atoms with Crippen molar-refractivity contribution in [1.29, 1.82) is 0 Å².